The van der Waals surface area contributed by atoms with Crippen LogP contribution < -0.4 is 16.2 Å². The van der Waals surface area contributed by atoms with Gasteiger partial charge in [-0.1, -0.05) is 23.2 Å². The summed E-state index contributed by atoms with van der Waals surface area (Å²) in [5.74, 6) is 0.0434. The first-order valence-corrected chi connectivity index (χ1v) is 8.26. The molecule has 6 nitrogen and oxygen atoms in total. The van der Waals surface area contributed by atoms with Crippen molar-refractivity contribution >= 4 is 35.0 Å². The minimum Gasteiger partial charge on any atom is -0.482 e. The van der Waals surface area contributed by atoms with Gasteiger partial charge >= 0.3 is 0 Å². The van der Waals surface area contributed by atoms with Crippen molar-refractivity contribution in [3.8, 4) is 16.9 Å². The summed E-state index contributed by atoms with van der Waals surface area (Å²) in [5, 5.41) is 0.193. The molecule has 0 aliphatic heterocycles. The fraction of sp³-hybridized carbons (Fsp3) is 0.118. The zero-order chi connectivity index (χ0) is 18.8. The van der Waals surface area contributed by atoms with Gasteiger partial charge in [0.15, 0.2) is 11.6 Å². The van der Waals surface area contributed by atoms with Crippen molar-refractivity contribution in [1.82, 2.24) is 15.0 Å². The first-order valence-electron chi connectivity index (χ1n) is 7.50. The van der Waals surface area contributed by atoms with Gasteiger partial charge in [-0.3, -0.25) is 0 Å². The van der Waals surface area contributed by atoms with E-state index >= 15 is 0 Å². The summed E-state index contributed by atoms with van der Waals surface area (Å²) in [6, 6.07) is 4.29. The monoisotopic (exact) mass is 393 g/mol. The predicted octanol–water partition coefficient (Wildman–Crippen LogP) is 4.29. The van der Waals surface area contributed by atoms with Crippen LogP contribution in [0.25, 0.3) is 11.1 Å². The Morgan fingerprint density at radius 1 is 1.04 bits per heavy atom. The third-order valence-electron chi connectivity index (χ3n) is 3.68. The molecule has 0 aliphatic carbocycles. The summed E-state index contributed by atoms with van der Waals surface area (Å²) in [4.78, 5) is 12.0. The molecule has 0 fully saturated rings. The predicted molar refractivity (Wildman–Crippen MR) is 99.6 cm³/mol. The molecular formula is C17H14Cl2FN5O. The Hall–Kier alpha value is -2.64. The highest BCUT2D eigenvalue weighted by Crippen LogP contribution is 2.36. The lowest BCUT2D eigenvalue weighted by Crippen LogP contribution is -2.08. The third-order valence-corrected chi connectivity index (χ3v) is 4.39. The van der Waals surface area contributed by atoms with E-state index in [0.717, 1.165) is 0 Å². The number of pyridine rings is 1. The van der Waals surface area contributed by atoms with Crippen molar-refractivity contribution in [1.29, 1.82) is 0 Å². The summed E-state index contributed by atoms with van der Waals surface area (Å²) in [6.07, 6.45) is 4.02. The van der Waals surface area contributed by atoms with E-state index in [1.807, 2.05) is 0 Å². The maximum atomic E-state index is 13.7. The van der Waals surface area contributed by atoms with Crippen LogP contribution in [0.15, 0.2) is 36.8 Å². The van der Waals surface area contributed by atoms with Gasteiger partial charge in [0.25, 0.3) is 0 Å². The molecule has 0 bridgehead atoms. The molecule has 1 aromatic carbocycles. The number of hydrogen-bond acceptors (Lipinski definition) is 6. The van der Waals surface area contributed by atoms with Gasteiger partial charge in [0.1, 0.15) is 11.9 Å². The molecule has 2 heterocycles. The van der Waals surface area contributed by atoms with Crippen LogP contribution in [-0.2, 0) is 0 Å². The Morgan fingerprint density at radius 2 is 1.69 bits per heavy atom. The second kappa shape index (κ2) is 7.31. The van der Waals surface area contributed by atoms with Crippen LogP contribution in [0.3, 0.4) is 0 Å². The molecule has 0 saturated carbocycles. The lowest BCUT2D eigenvalue weighted by Gasteiger charge is -2.19. The van der Waals surface area contributed by atoms with Gasteiger partial charge in [0.05, 0.1) is 5.02 Å². The molecule has 3 aromatic rings. The van der Waals surface area contributed by atoms with E-state index in [0.29, 0.717) is 27.5 Å². The van der Waals surface area contributed by atoms with Crippen molar-refractivity contribution in [2.75, 3.05) is 11.5 Å². The fourth-order valence-corrected chi connectivity index (χ4v) is 3.04. The molecular weight excluding hydrogens is 380 g/mol. The quantitative estimate of drug-likeness (QED) is 0.641. The Labute approximate surface area is 158 Å². The van der Waals surface area contributed by atoms with Crippen LogP contribution in [0, 0.1) is 5.82 Å². The summed E-state index contributed by atoms with van der Waals surface area (Å²) < 4.78 is 19.6. The largest absolute Gasteiger partial charge is 0.482 e. The van der Waals surface area contributed by atoms with E-state index in [4.69, 9.17) is 39.4 Å². The Kier molecular flexibility index (Phi) is 5.11. The summed E-state index contributed by atoms with van der Waals surface area (Å²) in [5.41, 5.74) is 13.1. The number of hydrogen-bond donors (Lipinski definition) is 2. The number of nitrogens with zero attached hydrogens (tertiary/aromatic N) is 3. The highest BCUT2D eigenvalue weighted by Gasteiger charge is 2.20. The number of rotatable bonds is 4. The number of anilines is 2. The van der Waals surface area contributed by atoms with Gasteiger partial charge in [-0.25, -0.2) is 19.3 Å². The molecule has 0 spiro atoms. The standard InChI is InChI=1S/C17H14Cl2FN5O/c1-8(14-11(18)2-3-12(20)15(14)19)26-13-4-9(5-23-16(13)21)10-6-24-17(22)25-7-10/h2-8H,1H3,(H2,21,23)(H2,22,24,25)/t8-/m0/s1. The van der Waals surface area contributed by atoms with Crippen molar-refractivity contribution in [3.05, 3.63) is 58.2 Å². The fourth-order valence-electron chi connectivity index (χ4n) is 2.36. The second-order valence-corrected chi connectivity index (χ2v) is 6.24. The van der Waals surface area contributed by atoms with Crippen molar-refractivity contribution in [2.24, 2.45) is 0 Å². The third kappa shape index (κ3) is 3.63. The smallest absolute Gasteiger partial charge is 0.219 e. The molecule has 9 heteroatoms. The molecule has 0 unspecified atom stereocenters. The van der Waals surface area contributed by atoms with E-state index in [1.165, 1.54) is 12.1 Å². The molecule has 4 N–H and O–H groups in total. The average molecular weight is 394 g/mol. The van der Waals surface area contributed by atoms with Crippen LogP contribution in [0.1, 0.15) is 18.6 Å². The first-order chi connectivity index (χ1) is 12.4. The van der Waals surface area contributed by atoms with E-state index < -0.39 is 11.9 Å². The van der Waals surface area contributed by atoms with E-state index in [9.17, 15) is 4.39 Å². The highest BCUT2D eigenvalue weighted by molar-refractivity contribution is 6.36. The number of benzene rings is 1. The topological polar surface area (TPSA) is 99.9 Å². The van der Waals surface area contributed by atoms with Crippen molar-refractivity contribution in [2.45, 2.75) is 13.0 Å². The lowest BCUT2D eigenvalue weighted by atomic mass is 10.1. The normalized spacial score (nSPS) is 12.0. The SMILES string of the molecule is C[C@H](Oc1cc(-c2cnc(N)nc2)cnc1N)c1c(Cl)ccc(F)c1Cl. The van der Waals surface area contributed by atoms with Crippen molar-refractivity contribution in [3.63, 3.8) is 0 Å². The zero-order valence-electron chi connectivity index (χ0n) is 13.6. The minimum atomic E-state index is -0.660. The second-order valence-electron chi connectivity index (χ2n) is 5.45. The van der Waals surface area contributed by atoms with E-state index in [-0.39, 0.29) is 16.8 Å². The average Bonchev–Trinajstić information content (AvgIpc) is 2.61. The Morgan fingerprint density at radius 3 is 2.38 bits per heavy atom. The summed E-state index contributed by atoms with van der Waals surface area (Å²) in [6.45, 7) is 1.69. The van der Waals surface area contributed by atoms with Crippen LogP contribution in [0.2, 0.25) is 10.0 Å². The minimum absolute atomic E-state index is 0.0976. The van der Waals surface area contributed by atoms with Gasteiger partial charge in [0.2, 0.25) is 5.95 Å². The molecule has 3 rings (SSSR count). The summed E-state index contributed by atoms with van der Waals surface area (Å²) in [7, 11) is 0. The molecule has 2 aromatic heterocycles. The van der Waals surface area contributed by atoms with Crippen LogP contribution in [0.4, 0.5) is 16.2 Å². The number of halogens is 3. The van der Waals surface area contributed by atoms with E-state index in [2.05, 4.69) is 15.0 Å². The highest BCUT2D eigenvalue weighted by atomic mass is 35.5. The molecule has 0 radical (unpaired) electrons. The number of nitrogens with two attached hydrogens (primary N) is 2. The molecule has 1 atom stereocenters. The first kappa shape index (κ1) is 18.2. The Bertz CT molecular complexity index is 953. The maximum Gasteiger partial charge on any atom is 0.219 e. The van der Waals surface area contributed by atoms with E-state index in [1.54, 1.807) is 31.6 Å². The molecule has 0 saturated heterocycles. The number of ether oxygens (including phenoxy) is 1. The molecule has 0 aliphatic rings. The molecule has 134 valence electrons. The number of nitrogen functional groups attached to an aromatic ring is 2. The summed E-state index contributed by atoms with van der Waals surface area (Å²) >= 11 is 12.2. The van der Waals surface area contributed by atoms with Crippen molar-refractivity contribution < 1.29 is 9.13 Å². The Balaban J connectivity index is 1.94. The molecule has 26 heavy (non-hydrogen) atoms. The molecule has 0 amide bonds. The van der Waals surface area contributed by atoms with Crippen LogP contribution in [0.5, 0.6) is 5.75 Å². The van der Waals surface area contributed by atoms with Gasteiger partial charge in [0, 0.05) is 40.3 Å². The van der Waals surface area contributed by atoms with Gasteiger partial charge in [-0.05, 0) is 25.1 Å². The maximum absolute atomic E-state index is 13.7. The van der Waals surface area contributed by atoms with Gasteiger partial charge in [-0.15, -0.1) is 0 Å². The lowest BCUT2D eigenvalue weighted by molar-refractivity contribution is 0.227. The van der Waals surface area contributed by atoms with Gasteiger partial charge in [-0.2, -0.15) is 0 Å². The zero-order valence-corrected chi connectivity index (χ0v) is 15.1. The van der Waals surface area contributed by atoms with Crippen LogP contribution >= 0.6 is 23.2 Å². The number of aromatic nitrogens is 3. The van der Waals surface area contributed by atoms with Gasteiger partial charge < -0.3 is 16.2 Å². The van der Waals surface area contributed by atoms with Crippen LogP contribution in [-0.4, -0.2) is 15.0 Å².